The highest BCUT2D eigenvalue weighted by molar-refractivity contribution is 6.13. The van der Waals surface area contributed by atoms with Crippen LogP contribution in [0.25, 0.3) is 16.7 Å². The summed E-state index contributed by atoms with van der Waals surface area (Å²) in [6.07, 6.45) is 12.7. The first-order chi connectivity index (χ1) is 19.4. The van der Waals surface area contributed by atoms with E-state index in [1.807, 2.05) is 18.2 Å². The Balaban J connectivity index is 1.33. The lowest BCUT2D eigenvalue weighted by atomic mass is 9.97. The zero-order chi connectivity index (χ0) is 27.6. The molecule has 6 rings (SSSR count). The molecule has 4 aromatic rings. The van der Waals surface area contributed by atoms with E-state index in [1.165, 1.54) is 5.57 Å². The molecule has 0 atom stereocenters. The van der Waals surface area contributed by atoms with Gasteiger partial charge in [-0.05, 0) is 98.4 Å². The van der Waals surface area contributed by atoms with Gasteiger partial charge in [-0.15, -0.1) is 0 Å². The first-order valence-corrected chi connectivity index (χ1v) is 13.8. The third kappa shape index (κ3) is 5.33. The van der Waals surface area contributed by atoms with Gasteiger partial charge in [0.15, 0.2) is 0 Å². The van der Waals surface area contributed by atoms with Gasteiger partial charge < -0.3 is 20.8 Å². The second-order valence-electron chi connectivity index (χ2n) is 10.7. The number of nitrogens with two attached hydrogens (primary N) is 1. The van der Waals surface area contributed by atoms with E-state index in [2.05, 4.69) is 70.5 Å². The number of hydrogen-bond donors (Lipinski definition) is 4. The Morgan fingerprint density at radius 3 is 2.58 bits per heavy atom. The summed E-state index contributed by atoms with van der Waals surface area (Å²) in [5.41, 5.74) is 16.6. The number of H-pyrrole nitrogens is 1. The average Bonchev–Trinajstić information content (AvgIpc) is 3.30. The lowest BCUT2D eigenvalue weighted by Gasteiger charge is -2.24. The average molecular weight is 531 g/mol. The summed E-state index contributed by atoms with van der Waals surface area (Å²) in [6.45, 7) is 6.16. The van der Waals surface area contributed by atoms with Gasteiger partial charge in [-0.25, -0.2) is 4.98 Å². The molecule has 1 saturated heterocycles. The Kier molecular flexibility index (Phi) is 7.05. The lowest BCUT2D eigenvalue weighted by Crippen LogP contribution is -2.34. The number of piperidine rings is 1. The quantitative estimate of drug-likeness (QED) is 0.234. The van der Waals surface area contributed by atoms with Crippen LogP contribution < -0.4 is 15.8 Å². The summed E-state index contributed by atoms with van der Waals surface area (Å²) < 4.78 is 6.33. The molecular weight excluding hydrogens is 496 g/mol. The van der Waals surface area contributed by atoms with Crippen LogP contribution in [0, 0.1) is 12.3 Å². The van der Waals surface area contributed by atoms with Crippen LogP contribution in [-0.2, 0) is 6.42 Å². The highest BCUT2D eigenvalue weighted by Gasteiger charge is 2.21. The summed E-state index contributed by atoms with van der Waals surface area (Å²) >= 11 is 0. The van der Waals surface area contributed by atoms with E-state index < -0.39 is 0 Å². The molecule has 1 aromatic carbocycles. The second kappa shape index (κ2) is 10.9. The molecule has 0 radical (unpaired) electrons. The van der Waals surface area contributed by atoms with Crippen molar-refractivity contribution in [3.8, 4) is 16.9 Å². The van der Waals surface area contributed by atoms with E-state index in [1.54, 1.807) is 18.6 Å². The first-order valence-electron chi connectivity index (χ1n) is 13.8. The number of hydrogen-bond acceptors (Lipinski definition) is 6. The zero-order valence-corrected chi connectivity index (χ0v) is 22.9. The van der Waals surface area contributed by atoms with Crippen molar-refractivity contribution >= 4 is 17.1 Å². The number of pyridine rings is 2. The van der Waals surface area contributed by atoms with Crippen molar-refractivity contribution in [2.24, 2.45) is 0 Å². The van der Waals surface area contributed by atoms with E-state index in [4.69, 9.17) is 15.9 Å². The molecule has 1 fully saturated rings. The van der Waals surface area contributed by atoms with Gasteiger partial charge in [0.05, 0.1) is 11.4 Å². The molecule has 7 nitrogen and oxygen atoms in total. The lowest BCUT2D eigenvalue weighted by molar-refractivity contribution is 0.162. The number of nitrogens with one attached hydrogen (secondary N) is 3. The number of fused-ring (bicyclic) bond motifs is 1. The van der Waals surface area contributed by atoms with Gasteiger partial charge in [0.2, 0.25) is 0 Å². The molecule has 4 heterocycles. The normalized spacial score (nSPS) is 15.6. The van der Waals surface area contributed by atoms with Gasteiger partial charge in [0.1, 0.15) is 17.7 Å². The SMILES string of the molecule is CC1=CC=C(c2ccncc2)c2cc(C(=N)c3cc(-c4cc(C)cc(OC5CCNCC5)c4)cnc3N)[nH]c2C1. The third-order valence-corrected chi connectivity index (χ3v) is 7.60. The van der Waals surface area contributed by atoms with Crippen molar-refractivity contribution < 1.29 is 4.74 Å². The van der Waals surface area contributed by atoms with Crippen LogP contribution in [0.3, 0.4) is 0 Å². The molecular formula is C33H34N6O. The van der Waals surface area contributed by atoms with Gasteiger partial charge in [-0.3, -0.25) is 10.4 Å². The zero-order valence-electron chi connectivity index (χ0n) is 22.9. The molecule has 0 unspecified atom stereocenters. The summed E-state index contributed by atoms with van der Waals surface area (Å²) in [7, 11) is 0. The van der Waals surface area contributed by atoms with Crippen LogP contribution in [0.15, 0.2) is 78.8 Å². The van der Waals surface area contributed by atoms with Crippen LogP contribution in [0.4, 0.5) is 5.82 Å². The Morgan fingerprint density at radius 2 is 1.77 bits per heavy atom. The molecule has 0 spiro atoms. The van der Waals surface area contributed by atoms with E-state index >= 15 is 0 Å². The minimum atomic E-state index is 0.219. The number of nitrogen functional groups attached to an aromatic ring is 1. The molecule has 1 aliphatic heterocycles. The first kappa shape index (κ1) is 25.8. The minimum Gasteiger partial charge on any atom is -0.490 e. The van der Waals surface area contributed by atoms with E-state index in [9.17, 15) is 0 Å². The van der Waals surface area contributed by atoms with Gasteiger partial charge >= 0.3 is 0 Å². The Morgan fingerprint density at radius 1 is 0.975 bits per heavy atom. The molecule has 0 saturated carbocycles. The number of anilines is 1. The van der Waals surface area contributed by atoms with E-state index in [-0.39, 0.29) is 6.10 Å². The molecule has 2 aliphatic rings. The maximum absolute atomic E-state index is 9.16. The fourth-order valence-corrected chi connectivity index (χ4v) is 5.52. The Hall–Kier alpha value is -4.49. The van der Waals surface area contributed by atoms with Crippen molar-refractivity contribution in [2.75, 3.05) is 18.8 Å². The van der Waals surface area contributed by atoms with Crippen molar-refractivity contribution in [1.82, 2.24) is 20.3 Å². The van der Waals surface area contributed by atoms with Crippen LogP contribution in [0.2, 0.25) is 0 Å². The predicted octanol–water partition coefficient (Wildman–Crippen LogP) is 5.84. The highest BCUT2D eigenvalue weighted by Crippen LogP contribution is 2.33. The number of aromatic amines is 1. The molecule has 0 bridgehead atoms. The number of rotatable bonds is 6. The van der Waals surface area contributed by atoms with Crippen molar-refractivity contribution in [1.29, 1.82) is 5.41 Å². The molecule has 7 heteroatoms. The molecule has 40 heavy (non-hydrogen) atoms. The van der Waals surface area contributed by atoms with Gasteiger partial charge in [0, 0.05) is 47.4 Å². The minimum absolute atomic E-state index is 0.219. The third-order valence-electron chi connectivity index (χ3n) is 7.60. The summed E-state index contributed by atoms with van der Waals surface area (Å²) in [4.78, 5) is 12.2. The summed E-state index contributed by atoms with van der Waals surface area (Å²) in [5, 5.41) is 12.5. The van der Waals surface area contributed by atoms with Crippen LogP contribution in [0.1, 0.15) is 53.4 Å². The number of ether oxygens (including phenoxy) is 1. The van der Waals surface area contributed by atoms with Crippen LogP contribution >= 0.6 is 0 Å². The van der Waals surface area contributed by atoms with Crippen molar-refractivity contribution in [3.63, 3.8) is 0 Å². The molecule has 5 N–H and O–H groups in total. The number of aryl methyl sites for hydroxylation is 1. The summed E-state index contributed by atoms with van der Waals surface area (Å²) in [5.74, 6) is 1.20. The number of nitrogens with zero attached hydrogens (tertiary/aromatic N) is 2. The standard InChI is InChI=1S/C33H34N6O/c1-20-3-4-27(22-5-9-36-10-6-22)28-18-31(39-30(28)15-20)32(34)29-17-24(19-38-33(29)35)23-13-21(2)14-26(16-23)40-25-7-11-37-12-8-25/h3-6,9-10,13-14,16-19,25,34,37,39H,7-8,11-12,15H2,1-2H3,(H2,35,38). The molecule has 1 aliphatic carbocycles. The fraction of sp³-hybridized carbons (Fsp3) is 0.242. The summed E-state index contributed by atoms with van der Waals surface area (Å²) in [6, 6.07) is 14.3. The Bertz CT molecular complexity index is 1630. The van der Waals surface area contributed by atoms with Gasteiger partial charge in [0.25, 0.3) is 0 Å². The van der Waals surface area contributed by atoms with E-state index in [0.717, 1.165) is 77.2 Å². The maximum Gasteiger partial charge on any atom is 0.132 e. The van der Waals surface area contributed by atoms with Gasteiger partial charge in [-0.2, -0.15) is 0 Å². The number of benzene rings is 1. The highest BCUT2D eigenvalue weighted by atomic mass is 16.5. The van der Waals surface area contributed by atoms with E-state index in [0.29, 0.717) is 22.8 Å². The number of aromatic nitrogens is 3. The van der Waals surface area contributed by atoms with Crippen LogP contribution in [-0.4, -0.2) is 39.9 Å². The monoisotopic (exact) mass is 530 g/mol. The van der Waals surface area contributed by atoms with Gasteiger partial charge in [-0.1, -0.05) is 23.8 Å². The maximum atomic E-state index is 9.16. The fourth-order valence-electron chi connectivity index (χ4n) is 5.52. The topological polar surface area (TPSA) is 113 Å². The Labute approximate surface area is 234 Å². The van der Waals surface area contributed by atoms with Crippen molar-refractivity contribution in [2.45, 2.75) is 39.2 Å². The number of allylic oxidation sites excluding steroid dienone is 3. The molecule has 3 aromatic heterocycles. The second-order valence-corrected chi connectivity index (χ2v) is 10.7. The largest absolute Gasteiger partial charge is 0.490 e. The smallest absolute Gasteiger partial charge is 0.132 e. The van der Waals surface area contributed by atoms with Crippen molar-refractivity contribution in [3.05, 3.63) is 112 Å². The molecule has 0 amide bonds. The predicted molar refractivity (Wildman–Crippen MR) is 161 cm³/mol. The molecule has 202 valence electrons. The van der Waals surface area contributed by atoms with Crippen LogP contribution in [0.5, 0.6) is 5.75 Å².